The van der Waals surface area contributed by atoms with Crippen LogP contribution in [0.25, 0.3) is 0 Å². The van der Waals surface area contributed by atoms with Gasteiger partial charge in [-0.1, -0.05) is 18.2 Å². The molecule has 2 rings (SSSR count). The van der Waals surface area contributed by atoms with Gasteiger partial charge < -0.3 is 15.3 Å². The molecular formula is C14H18N2O3. The highest BCUT2D eigenvalue weighted by Crippen LogP contribution is 2.24. The number of nitrogens with one attached hydrogen (secondary N) is 1. The van der Waals surface area contributed by atoms with E-state index in [1.54, 1.807) is 36.2 Å². The fourth-order valence-electron chi connectivity index (χ4n) is 2.10. The summed E-state index contributed by atoms with van der Waals surface area (Å²) in [6, 6.07) is 7.13. The average molecular weight is 262 g/mol. The zero-order valence-corrected chi connectivity index (χ0v) is 10.9. The summed E-state index contributed by atoms with van der Waals surface area (Å²) in [6.07, 6.45) is 3.16. The van der Waals surface area contributed by atoms with Crippen LogP contribution in [0.2, 0.25) is 0 Å². The zero-order valence-electron chi connectivity index (χ0n) is 10.9. The number of nitrogens with zero attached hydrogens (tertiary/aromatic N) is 1. The molecule has 0 atom stereocenters. The fraction of sp³-hybridized carbons (Fsp3) is 0.429. The molecule has 0 saturated heterocycles. The lowest BCUT2D eigenvalue weighted by Gasteiger charge is -2.34. The number of rotatable bonds is 4. The molecule has 0 spiro atoms. The number of carbonyl (C=O) groups is 2. The van der Waals surface area contributed by atoms with Crippen molar-refractivity contribution < 1.29 is 14.7 Å². The Morgan fingerprint density at radius 3 is 2.63 bits per heavy atom. The maximum absolute atomic E-state index is 12.1. The number of amides is 2. The lowest BCUT2D eigenvalue weighted by atomic mass is 9.92. The van der Waals surface area contributed by atoms with Crippen LogP contribution in [-0.2, 0) is 11.2 Å². The number of anilines is 1. The standard InChI is InChI=1S/C14H18N2O3/c1-16(11-6-4-7-11)14(19)15-12-8-3-2-5-10(12)9-13(17)18/h2-3,5,8,11H,4,6-7,9H2,1H3,(H,15,19)(H,17,18). The number of carbonyl (C=O) groups excluding carboxylic acids is 1. The lowest BCUT2D eigenvalue weighted by Crippen LogP contribution is -2.43. The molecule has 0 bridgehead atoms. The number of carboxylic acids is 1. The molecule has 5 heteroatoms. The maximum Gasteiger partial charge on any atom is 0.321 e. The summed E-state index contributed by atoms with van der Waals surface area (Å²) in [5, 5.41) is 11.6. The molecule has 5 nitrogen and oxygen atoms in total. The molecule has 0 aromatic heterocycles. The molecule has 1 aliphatic rings. The second kappa shape index (κ2) is 5.73. The van der Waals surface area contributed by atoms with Crippen molar-refractivity contribution in [3.63, 3.8) is 0 Å². The van der Waals surface area contributed by atoms with E-state index >= 15 is 0 Å². The summed E-state index contributed by atoms with van der Waals surface area (Å²) in [5.74, 6) is -0.908. The first-order chi connectivity index (χ1) is 9.08. The van der Waals surface area contributed by atoms with E-state index in [9.17, 15) is 9.59 Å². The van der Waals surface area contributed by atoms with Crippen molar-refractivity contribution in [2.45, 2.75) is 31.7 Å². The number of carboxylic acid groups (broad SMARTS) is 1. The quantitative estimate of drug-likeness (QED) is 0.875. The third-order valence-corrected chi connectivity index (χ3v) is 3.54. The Hall–Kier alpha value is -2.04. The normalized spacial score (nSPS) is 14.6. The van der Waals surface area contributed by atoms with Crippen LogP contribution in [-0.4, -0.2) is 35.1 Å². The van der Waals surface area contributed by atoms with Crippen molar-refractivity contribution in [3.05, 3.63) is 29.8 Å². The first-order valence-electron chi connectivity index (χ1n) is 6.41. The van der Waals surface area contributed by atoms with Gasteiger partial charge in [0, 0.05) is 18.8 Å². The summed E-state index contributed by atoms with van der Waals surface area (Å²) >= 11 is 0. The van der Waals surface area contributed by atoms with Crippen LogP contribution in [0.5, 0.6) is 0 Å². The fourth-order valence-corrected chi connectivity index (χ4v) is 2.10. The summed E-state index contributed by atoms with van der Waals surface area (Å²) in [4.78, 5) is 24.5. The predicted molar refractivity (Wildman–Crippen MR) is 72.2 cm³/mol. The van der Waals surface area contributed by atoms with E-state index in [4.69, 9.17) is 5.11 Å². The Kier molecular flexibility index (Phi) is 4.04. The molecule has 0 heterocycles. The van der Waals surface area contributed by atoms with Gasteiger partial charge in [0.15, 0.2) is 0 Å². The third kappa shape index (κ3) is 3.24. The van der Waals surface area contributed by atoms with E-state index in [-0.39, 0.29) is 12.5 Å². The molecular weight excluding hydrogens is 244 g/mol. The smallest absolute Gasteiger partial charge is 0.321 e. The van der Waals surface area contributed by atoms with Gasteiger partial charge in [-0.3, -0.25) is 4.79 Å². The van der Waals surface area contributed by atoms with E-state index < -0.39 is 5.97 Å². The summed E-state index contributed by atoms with van der Waals surface area (Å²) in [5.41, 5.74) is 1.19. The van der Waals surface area contributed by atoms with Gasteiger partial charge in [-0.2, -0.15) is 0 Å². The van der Waals surface area contributed by atoms with Crippen molar-refractivity contribution in [1.82, 2.24) is 4.90 Å². The molecule has 0 radical (unpaired) electrons. The summed E-state index contributed by atoms with van der Waals surface area (Å²) in [6.45, 7) is 0. The van der Waals surface area contributed by atoms with Crippen molar-refractivity contribution >= 4 is 17.7 Å². The maximum atomic E-state index is 12.1. The van der Waals surface area contributed by atoms with Crippen LogP contribution < -0.4 is 5.32 Å². The molecule has 0 aliphatic heterocycles. The van der Waals surface area contributed by atoms with Gasteiger partial charge in [-0.05, 0) is 30.9 Å². The molecule has 2 N–H and O–H groups in total. The van der Waals surface area contributed by atoms with Crippen LogP contribution in [0.4, 0.5) is 10.5 Å². The minimum Gasteiger partial charge on any atom is -0.481 e. The van der Waals surface area contributed by atoms with Gasteiger partial charge in [-0.15, -0.1) is 0 Å². The molecule has 0 unspecified atom stereocenters. The summed E-state index contributed by atoms with van der Waals surface area (Å²) in [7, 11) is 1.78. The Morgan fingerprint density at radius 2 is 2.05 bits per heavy atom. The van der Waals surface area contributed by atoms with Crippen molar-refractivity contribution in [1.29, 1.82) is 0 Å². The van der Waals surface area contributed by atoms with E-state index in [0.29, 0.717) is 17.3 Å². The van der Waals surface area contributed by atoms with Crippen LogP contribution in [0.3, 0.4) is 0 Å². The molecule has 1 aromatic rings. The molecule has 1 saturated carbocycles. The largest absolute Gasteiger partial charge is 0.481 e. The van der Waals surface area contributed by atoms with Gasteiger partial charge >= 0.3 is 12.0 Å². The molecule has 2 amide bonds. The van der Waals surface area contributed by atoms with Crippen molar-refractivity contribution in [2.24, 2.45) is 0 Å². The van der Waals surface area contributed by atoms with E-state index in [1.165, 1.54) is 0 Å². The zero-order chi connectivity index (χ0) is 13.8. The SMILES string of the molecule is CN(C(=O)Nc1ccccc1CC(=O)O)C1CCC1. The highest BCUT2D eigenvalue weighted by atomic mass is 16.4. The first-order valence-corrected chi connectivity index (χ1v) is 6.41. The summed E-state index contributed by atoms with van der Waals surface area (Å²) < 4.78 is 0. The van der Waals surface area contributed by atoms with Crippen molar-refractivity contribution in [2.75, 3.05) is 12.4 Å². The second-order valence-electron chi connectivity index (χ2n) is 4.85. The Bertz CT molecular complexity index is 483. The van der Waals surface area contributed by atoms with E-state index in [1.807, 2.05) is 0 Å². The van der Waals surface area contributed by atoms with E-state index in [0.717, 1.165) is 19.3 Å². The minimum absolute atomic E-state index is 0.0937. The lowest BCUT2D eigenvalue weighted by molar-refractivity contribution is -0.136. The number of urea groups is 1. The molecule has 19 heavy (non-hydrogen) atoms. The van der Waals surface area contributed by atoms with Crippen LogP contribution >= 0.6 is 0 Å². The number of para-hydroxylation sites is 1. The van der Waals surface area contributed by atoms with Crippen LogP contribution in [0.15, 0.2) is 24.3 Å². The van der Waals surface area contributed by atoms with Crippen LogP contribution in [0.1, 0.15) is 24.8 Å². The van der Waals surface area contributed by atoms with Crippen LogP contribution in [0, 0.1) is 0 Å². The van der Waals surface area contributed by atoms with Gasteiger partial charge in [0.25, 0.3) is 0 Å². The van der Waals surface area contributed by atoms with Gasteiger partial charge in [0.1, 0.15) is 0 Å². The Morgan fingerprint density at radius 1 is 1.37 bits per heavy atom. The number of hydrogen-bond acceptors (Lipinski definition) is 2. The Balaban J connectivity index is 2.05. The Labute approximate surface area is 112 Å². The van der Waals surface area contributed by atoms with E-state index in [2.05, 4.69) is 5.32 Å². The highest BCUT2D eigenvalue weighted by molar-refractivity contribution is 5.91. The molecule has 102 valence electrons. The van der Waals surface area contributed by atoms with Crippen molar-refractivity contribution in [3.8, 4) is 0 Å². The van der Waals surface area contributed by atoms with Gasteiger partial charge in [0.2, 0.25) is 0 Å². The van der Waals surface area contributed by atoms with Gasteiger partial charge in [0.05, 0.1) is 6.42 Å². The number of hydrogen-bond donors (Lipinski definition) is 2. The number of aliphatic carboxylic acids is 1. The second-order valence-corrected chi connectivity index (χ2v) is 4.85. The number of benzene rings is 1. The molecule has 1 fully saturated rings. The monoisotopic (exact) mass is 262 g/mol. The highest BCUT2D eigenvalue weighted by Gasteiger charge is 2.25. The minimum atomic E-state index is -0.908. The van der Waals surface area contributed by atoms with Gasteiger partial charge in [-0.25, -0.2) is 4.79 Å². The molecule has 1 aromatic carbocycles. The molecule has 1 aliphatic carbocycles. The third-order valence-electron chi connectivity index (χ3n) is 3.54. The first kappa shape index (κ1) is 13.4. The average Bonchev–Trinajstić information content (AvgIpc) is 2.28. The topological polar surface area (TPSA) is 69.6 Å². The predicted octanol–water partition coefficient (Wildman–Crippen LogP) is 2.33.